The third kappa shape index (κ3) is 7.03. The number of carbonyl (C=O) groups excluding carboxylic acids is 2. The van der Waals surface area contributed by atoms with E-state index in [1.807, 2.05) is 48.5 Å². The largest absolute Gasteiger partial charge is 0.366 e. The van der Waals surface area contributed by atoms with Gasteiger partial charge >= 0.3 is 0 Å². The number of hydrogen-bond acceptors (Lipinski definition) is 3. The molecule has 0 radical (unpaired) electrons. The number of rotatable bonds is 12. The van der Waals surface area contributed by atoms with E-state index in [1.165, 1.54) is 5.56 Å². The second-order valence-electron chi connectivity index (χ2n) is 8.49. The predicted molar refractivity (Wildman–Crippen MR) is 138 cm³/mol. The number of primary amides is 1. The summed E-state index contributed by atoms with van der Waals surface area (Å²) in [5, 5.41) is 3.09. The van der Waals surface area contributed by atoms with Gasteiger partial charge in [-0.3, -0.25) is 14.5 Å². The summed E-state index contributed by atoms with van der Waals surface area (Å²) in [5.74, 6) is -0.466. The molecule has 3 rings (SSSR count). The standard InChI is InChI=1S/C29H35N3O2/c1-3-32(4-2)21-26-15-6-5-14-25(26)20-31-29(34)24-17-10-12-22(19-24)11-9-16-23-13-7-8-18-27(23)28(30)33/h5-8,10,12-15,17-19H,3-4,9,11,16,20-21H2,1-2H3,(H2,30,33)(H,31,34). The van der Waals surface area contributed by atoms with Crippen molar-refractivity contribution in [1.82, 2.24) is 10.2 Å². The molecular weight excluding hydrogens is 422 g/mol. The molecule has 34 heavy (non-hydrogen) atoms. The van der Waals surface area contributed by atoms with Crippen LogP contribution in [0.5, 0.6) is 0 Å². The Morgan fingerprint density at radius 1 is 0.824 bits per heavy atom. The Bertz CT molecular complexity index is 1110. The van der Waals surface area contributed by atoms with Crippen molar-refractivity contribution in [1.29, 1.82) is 0 Å². The average Bonchev–Trinajstić information content (AvgIpc) is 2.86. The van der Waals surface area contributed by atoms with Crippen molar-refractivity contribution in [2.45, 2.75) is 46.2 Å². The first-order valence-corrected chi connectivity index (χ1v) is 12.1. The van der Waals surface area contributed by atoms with Crippen LogP contribution in [0.1, 0.15) is 63.2 Å². The van der Waals surface area contributed by atoms with Crippen molar-refractivity contribution in [3.8, 4) is 0 Å². The summed E-state index contributed by atoms with van der Waals surface area (Å²) in [7, 11) is 0. The Balaban J connectivity index is 1.58. The highest BCUT2D eigenvalue weighted by Crippen LogP contribution is 2.15. The molecule has 5 heteroatoms. The molecule has 0 aromatic heterocycles. The molecule has 5 nitrogen and oxygen atoms in total. The molecule has 0 aliphatic heterocycles. The molecule has 2 amide bonds. The summed E-state index contributed by atoms with van der Waals surface area (Å²) in [4.78, 5) is 26.8. The second kappa shape index (κ2) is 12.7. The van der Waals surface area contributed by atoms with Gasteiger partial charge in [-0.1, -0.05) is 68.4 Å². The van der Waals surface area contributed by atoms with Gasteiger partial charge in [-0.2, -0.15) is 0 Å². The maximum absolute atomic E-state index is 12.9. The Morgan fingerprint density at radius 3 is 2.21 bits per heavy atom. The van der Waals surface area contributed by atoms with Crippen molar-refractivity contribution >= 4 is 11.8 Å². The van der Waals surface area contributed by atoms with Gasteiger partial charge in [0, 0.05) is 24.2 Å². The van der Waals surface area contributed by atoms with Gasteiger partial charge in [-0.05, 0) is 72.8 Å². The fourth-order valence-electron chi connectivity index (χ4n) is 4.18. The number of carbonyl (C=O) groups is 2. The molecule has 0 saturated heterocycles. The lowest BCUT2D eigenvalue weighted by Crippen LogP contribution is -2.26. The first-order valence-electron chi connectivity index (χ1n) is 12.1. The lowest BCUT2D eigenvalue weighted by molar-refractivity contribution is 0.0949. The molecule has 0 atom stereocenters. The van der Waals surface area contributed by atoms with Crippen molar-refractivity contribution in [2.75, 3.05) is 13.1 Å². The minimum Gasteiger partial charge on any atom is -0.366 e. The molecule has 0 aliphatic rings. The molecule has 3 aromatic carbocycles. The van der Waals surface area contributed by atoms with Gasteiger partial charge < -0.3 is 11.1 Å². The summed E-state index contributed by atoms with van der Waals surface area (Å²) in [6.45, 7) is 7.71. The van der Waals surface area contributed by atoms with Gasteiger partial charge in [0.05, 0.1) is 0 Å². The van der Waals surface area contributed by atoms with E-state index in [0.29, 0.717) is 17.7 Å². The molecule has 3 N–H and O–H groups in total. The van der Waals surface area contributed by atoms with Crippen molar-refractivity contribution in [2.24, 2.45) is 5.73 Å². The highest BCUT2D eigenvalue weighted by atomic mass is 16.2. The summed E-state index contributed by atoms with van der Waals surface area (Å²) < 4.78 is 0. The van der Waals surface area contributed by atoms with Crippen molar-refractivity contribution in [3.63, 3.8) is 0 Å². The van der Waals surface area contributed by atoms with Crippen LogP contribution in [0.3, 0.4) is 0 Å². The normalized spacial score (nSPS) is 10.9. The molecule has 3 aromatic rings. The zero-order valence-corrected chi connectivity index (χ0v) is 20.2. The number of nitrogens with one attached hydrogen (secondary N) is 1. The maximum Gasteiger partial charge on any atom is 0.251 e. The Morgan fingerprint density at radius 2 is 1.50 bits per heavy atom. The fourth-order valence-corrected chi connectivity index (χ4v) is 4.18. The van der Waals surface area contributed by atoms with Gasteiger partial charge in [0.1, 0.15) is 0 Å². The minimum atomic E-state index is -0.395. The highest BCUT2D eigenvalue weighted by molar-refractivity contribution is 5.94. The number of aryl methyl sites for hydroxylation is 2. The highest BCUT2D eigenvalue weighted by Gasteiger charge is 2.11. The van der Waals surface area contributed by atoms with E-state index in [2.05, 4.69) is 42.3 Å². The molecule has 0 fully saturated rings. The Labute approximate surface area is 203 Å². The van der Waals surface area contributed by atoms with Crippen LogP contribution in [0.15, 0.2) is 72.8 Å². The lowest BCUT2D eigenvalue weighted by atomic mass is 9.98. The van der Waals surface area contributed by atoms with Crippen LogP contribution in [-0.4, -0.2) is 29.8 Å². The summed E-state index contributed by atoms with van der Waals surface area (Å²) in [6.07, 6.45) is 2.45. The summed E-state index contributed by atoms with van der Waals surface area (Å²) >= 11 is 0. The first kappa shape index (κ1) is 25.2. The quantitative estimate of drug-likeness (QED) is 0.413. The minimum absolute atomic E-state index is 0.0708. The third-order valence-electron chi connectivity index (χ3n) is 6.23. The van der Waals surface area contributed by atoms with Crippen LogP contribution in [-0.2, 0) is 25.9 Å². The Kier molecular flexibility index (Phi) is 9.41. The number of nitrogens with two attached hydrogens (primary N) is 1. The van der Waals surface area contributed by atoms with Crippen LogP contribution in [0.25, 0.3) is 0 Å². The third-order valence-corrected chi connectivity index (χ3v) is 6.23. The monoisotopic (exact) mass is 457 g/mol. The Hall–Kier alpha value is -3.44. The zero-order valence-electron chi connectivity index (χ0n) is 20.2. The summed E-state index contributed by atoms with van der Waals surface area (Å²) in [5.41, 5.74) is 11.2. The molecule has 0 saturated carbocycles. The van der Waals surface area contributed by atoms with E-state index < -0.39 is 5.91 Å². The topological polar surface area (TPSA) is 75.4 Å². The van der Waals surface area contributed by atoms with Crippen LogP contribution in [0, 0.1) is 0 Å². The van der Waals surface area contributed by atoms with E-state index >= 15 is 0 Å². The van der Waals surface area contributed by atoms with E-state index in [0.717, 1.165) is 55.6 Å². The number of hydrogen-bond donors (Lipinski definition) is 2. The van der Waals surface area contributed by atoms with Crippen LogP contribution in [0.4, 0.5) is 0 Å². The lowest BCUT2D eigenvalue weighted by Gasteiger charge is -2.20. The maximum atomic E-state index is 12.9. The van der Waals surface area contributed by atoms with Crippen LogP contribution >= 0.6 is 0 Å². The number of amides is 2. The summed E-state index contributed by atoms with van der Waals surface area (Å²) in [6, 6.07) is 23.5. The number of benzene rings is 3. The van der Waals surface area contributed by atoms with Crippen LogP contribution < -0.4 is 11.1 Å². The smallest absolute Gasteiger partial charge is 0.251 e. The fraction of sp³-hybridized carbons (Fsp3) is 0.310. The molecule has 0 unspecified atom stereocenters. The number of nitrogens with zero attached hydrogens (tertiary/aromatic N) is 1. The van der Waals surface area contributed by atoms with Crippen LogP contribution in [0.2, 0.25) is 0 Å². The van der Waals surface area contributed by atoms with Gasteiger partial charge in [-0.15, -0.1) is 0 Å². The first-order chi connectivity index (χ1) is 16.5. The van der Waals surface area contributed by atoms with Gasteiger partial charge in [-0.25, -0.2) is 0 Å². The van der Waals surface area contributed by atoms with Gasteiger partial charge in [0.15, 0.2) is 0 Å². The average molecular weight is 458 g/mol. The van der Waals surface area contributed by atoms with E-state index in [4.69, 9.17) is 5.73 Å². The molecule has 0 spiro atoms. The predicted octanol–water partition coefficient (Wildman–Crippen LogP) is 4.73. The van der Waals surface area contributed by atoms with Gasteiger partial charge in [0.25, 0.3) is 5.91 Å². The second-order valence-corrected chi connectivity index (χ2v) is 8.49. The SMILES string of the molecule is CCN(CC)Cc1ccccc1CNC(=O)c1cccc(CCCc2ccccc2C(N)=O)c1. The van der Waals surface area contributed by atoms with Crippen molar-refractivity contribution in [3.05, 3.63) is 106 Å². The van der Waals surface area contributed by atoms with E-state index in [1.54, 1.807) is 6.07 Å². The molecule has 0 aliphatic carbocycles. The van der Waals surface area contributed by atoms with Crippen molar-refractivity contribution < 1.29 is 9.59 Å². The molecule has 178 valence electrons. The van der Waals surface area contributed by atoms with E-state index in [9.17, 15) is 9.59 Å². The zero-order chi connectivity index (χ0) is 24.3. The van der Waals surface area contributed by atoms with E-state index in [-0.39, 0.29) is 5.91 Å². The molecule has 0 bridgehead atoms. The molecular formula is C29H35N3O2. The van der Waals surface area contributed by atoms with Gasteiger partial charge in [0.2, 0.25) is 5.91 Å². The molecule has 0 heterocycles.